The smallest absolute Gasteiger partial charge is 0.170 e. The van der Waals surface area contributed by atoms with E-state index in [9.17, 15) is 0 Å². The Kier molecular flexibility index (Phi) is 2.87. The molecule has 1 N–H and O–H groups in total. The Morgan fingerprint density at radius 2 is 2.00 bits per heavy atom. The van der Waals surface area contributed by atoms with Gasteiger partial charge in [-0.1, -0.05) is 30.3 Å². The highest BCUT2D eigenvalue weighted by Gasteiger charge is 2.06. The average molecular weight is 249 g/mol. The minimum atomic E-state index is 0.389. The number of fused-ring (bicyclic) bond motifs is 1. The van der Waals surface area contributed by atoms with Gasteiger partial charge in [-0.2, -0.15) is 10.4 Å². The summed E-state index contributed by atoms with van der Waals surface area (Å²) in [6, 6.07) is 17.6. The van der Waals surface area contributed by atoms with Crippen molar-refractivity contribution in [3.05, 3.63) is 59.8 Å². The Morgan fingerprint density at radius 3 is 2.79 bits per heavy atom. The molecule has 0 atom stereocenters. The molecule has 0 saturated carbocycles. The molecule has 3 rings (SSSR count). The maximum absolute atomic E-state index is 8.95. The number of H-pyrrole nitrogens is 1. The van der Waals surface area contributed by atoms with E-state index in [0.29, 0.717) is 12.3 Å². The topological polar surface area (TPSA) is 61.7 Å². The molecule has 0 bridgehead atoms. The molecule has 0 amide bonds. The highest BCUT2D eigenvalue weighted by atomic mass is 16.5. The van der Waals surface area contributed by atoms with Crippen LogP contribution < -0.4 is 4.74 Å². The van der Waals surface area contributed by atoms with Crippen LogP contribution >= 0.6 is 0 Å². The maximum atomic E-state index is 8.95. The number of nitriles is 1. The molecule has 0 spiro atoms. The first-order valence-corrected chi connectivity index (χ1v) is 5.92. The van der Waals surface area contributed by atoms with Crippen molar-refractivity contribution in [1.29, 1.82) is 5.26 Å². The Hall–Kier alpha value is -2.80. The molecule has 1 aromatic heterocycles. The summed E-state index contributed by atoms with van der Waals surface area (Å²) in [5, 5.41) is 16.5. The molecule has 0 aliphatic heterocycles. The summed E-state index contributed by atoms with van der Waals surface area (Å²) in [6.07, 6.45) is 0. The van der Waals surface area contributed by atoms with Crippen molar-refractivity contribution in [2.24, 2.45) is 0 Å². The third kappa shape index (κ3) is 2.26. The zero-order chi connectivity index (χ0) is 13.1. The van der Waals surface area contributed by atoms with E-state index in [0.717, 1.165) is 22.2 Å². The lowest BCUT2D eigenvalue weighted by Crippen LogP contribution is -1.94. The fourth-order valence-corrected chi connectivity index (χ4v) is 1.91. The second kappa shape index (κ2) is 4.83. The molecular weight excluding hydrogens is 238 g/mol. The van der Waals surface area contributed by atoms with E-state index in [4.69, 9.17) is 10.00 Å². The zero-order valence-corrected chi connectivity index (χ0v) is 10.1. The third-order valence-electron chi connectivity index (χ3n) is 2.89. The number of hydrogen-bond donors (Lipinski definition) is 1. The molecule has 0 unspecified atom stereocenters. The van der Waals surface area contributed by atoms with Crippen LogP contribution in [0.4, 0.5) is 0 Å². The summed E-state index contributed by atoms with van der Waals surface area (Å²) in [5.74, 6) is 0.731. The van der Waals surface area contributed by atoms with Gasteiger partial charge in [-0.05, 0) is 23.8 Å². The van der Waals surface area contributed by atoms with E-state index in [1.54, 1.807) is 0 Å². The quantitative estimate of drug-likeness (QED) is 0.776. The zero-order valence-electron chi connectivity index (χ0n) is 10.1. The standard InChI is InChI=1S/C15H11N3O/c16-9-15-13-8-12(6-7-14(13)17-18-15)19-10-11-4-2-1-3-5-11/h1-8H,10H2,(H,17,18). The number of aromatic amines is 1. The van der Waals surface area contributed by atoms with Gasteiger partial charge in [-0.15, -0.1) is 0 Å². The van der Waals surface area contributed by atoms with Crippen molar-refractivity contribution in [3.8, 4) is 11.8 Å². The summed E-state index contributed by atoms with van der Waals surface area (Å²) in [6.45, 7) is 0.506. The Labute approximate surface area is 110 Å². The maximum Gasteiger partial charge on any atom is 0.170 e. The van der Waals surface area contributed by atoms with Crippen LogP contribution in [0.2, 0.25) is 0 Å². The van der Waals surface area contributed by atoms with E-state index >= 15 is 0 Å². The first-order valence-electron chi connectivity index (χ1n) is 5.92. The number of hydrogen-bond acceptors (Lipinski definition) is 3. The van der Waals surface area contributed by atoms with Gasteiger partial charge in [0.2, 0.25) is 0 Å². The second-order valence-electron chi connectivity index (χ2n) is 4.17. The minimum absolute atomic E-state index is 0.389. The molecule has 1 heterocycles. The van der Waals surface area contributed by atoms with Crippen LogP contribution in [0.1, 0.15) is 11.3 Å². The summed E-state index contributed by atoms with van der Waals surface area (Å²) < 4.78 is 5.72. The van der Waals surface area contributed by atoms with E-state index in [1.807, 2.05) is 48.5 Å². The first-order chi connectivity index (χ1) is 9.36. The van der Waals surface area contributed by atoms with Crippen LogP contribution in [0.5, 0.6) is 5.75 Å². The van der Waals surface area contributed by atoms with Crippen LogP contribution in [0.15, 0.2) is 48.5 Å². The number of benzene rings is 2. The molecule has 4 nitrogen and oxygen atoms in total. The Balaban J connectivity index is 1.84. The highest BCUT2D eigenvalue weighted by Crippen LogP contribution is 2.22. The summed E-state index contributed by atoms with van der Waals surface area (Å²) in [7, 11) is 0. The normalized spacial score (nSPS) is 10.3. The molecule has 19 heavy (non-hydrogen) atoms. The summed E-state index contributed by atoms with van der Waals surface area (Å²) in [5.41, 5.74) is 2.33. The Bertz CT molecular complexity index is 741. The number of nitrogens with zero attached hydrogens (tertiary/aromatic N) is 2. The number of aromatic nitrogens is 2. The van der Waals surface area contributed by atoms with Gasteiger partial charge >= 0.3 is 0 Å². The summed E-state index contributed by atoms with van der Waals surface area (Å²) >= 11 is 0. The van der Waals surface area contributed by atoms with Gasteiger partial charge in [0.15, 0.2) is 5.69 Å². The lowest BCUT2D eigenvalue weighted by atomic mass is 10.2. The van der Waals surface area contributed by atoms with E-state index in [2.05, 4.69) is 16.3 Å². The molecule has 0 aliphatic carbocycles. The van der Waals surface area contributed by atoms with E-state index < -0.39 is 0 Å². The fourth-order valence-electron chi connectivity index (χ4n) is 1.91. The first kappa shape index (κ1) is 11.3. The van der Waals surface area contributed by atoms with Crippen molar-refractivity contribution in [2.75, 3.05) is 0 Å². The minimum Gasteiger partial charge on any atom is -0.489 e. The number of nitrogens with one attached hydrogen (secondary N) is 1. The van der Waals surface area contributed by atoms with Gasteiger partial charge in [0.25, 0.3) is 0 Å². The fraction of sp³-hybridized carbons (Fsp3) is 0.0667. The van der Waals surface area contributed by atoms with Crippen LogP contribution in [-0.4, -0.2) is 10.2 Å². The molecule has 3 aromatic rings. The molecule has 0 saturated heterocycles. The van der Waals surface area contributed by atoms with Crippen LogP contribution in [0.3, 0.4) is 0 Å². The molecule has 0 fully saturated rings. The summed E-state index contributed by atoms with van der Waals surface area (Å²) in [4.78, 5) is 0. The molecule has 4 heteroatoms. The van der Waals surface area contributed by atoms with E-state index in [-0.39, 0.29) is 0 Å². The molecular formula is C15H11N3O. The third-order valence-corrected chi connectivity index (χ3v) is 2.89. The predicted octanol–water partition coefficient (Wildman–Crippen LogP) is 3.01. The number of rotatable bonds is 3. The van der Waals surface area contributed by atoms with E-state index in [1.165, 1.54) is 0 Å². The van der Waals surface area contributed by atoms with Gasteiger partial charge in [0.05, 0.1) is 5.52 Å². The van der Waals surface area contributed by atoms with Crippen LogP contribution in [0, 0.1) is 11.3 Å². The average Bonchev–Trinajstić information content (AvgIpc) is 2.88. The Morgan fingerprint density at radius 1 is 1.16 bits per heavy atom. The van der Waals surface area contributed by atoms with Crippen molar-refractivity contribution in [2.45, 2.75) is 6.61 Å². The van der Waals surface area contributed by atoms with Gasteiger partial charge in [-0.25, -0.2) is 0 Å². The van der Waals surface area contributed by atoms with Crippen molar-refractivity contribution < 1.29 is 4.74 Å². The van der Waals surface area contributed by atoms with Crippen molar-refractivity contribution in [1.82, 2.24) is 10.2 Å². The van der Waals surface area contributed by atoms with Crippen LogP contribution in [0.25, 0.3) is 10.9 Å². The molecule has 0 aliphatic rings. The molecule has 92 valence electrons. The monoisotopic (exact) mass is 249 g/mol. The van der Waals surface area contributed by atoms with Crippen LogP contribution in [-0.2, 0) is 6.61 Å². The highest BCUT2D eigenvalue weighted by molar-refractivity contribution is 5.84. The SMILES string of the molecule is N#Cc1n[nH]c2ccc(OCc3ccccc3)cc12. The van der Waals surface area contributed by atoms with Crippen molar-refractivity contribution >= 4 is 10.9 Å². The van der Waals surface area contributed by atoms with Gasteiger partial charge in [0.1, 0.15) is 18.4 Å². The lowest BCUT2D eigenvalue weighted by Gasteiger charge is -2.06. The second-order valence-corrected chi connectivity index (χ2v) is 4.17. The lowest BCUT2D eigenvalue weighted by molar-refractivity contribution is 0.306. The predicted molar refractivity (Wildman–Crippen MR) is 71.6 cm³/mol. The van der Waals surface area contributed by atoms with Gasteiger partial charge in [0, 0.05) is 5.39 Å². The van der Waals surface area contributed by atoms with Crippen molar-refractivity contribution in [3.63, 3.8) is 0 Å². The largest absolute Gasteiger partial charge is 0.489 e. The van der Waals surface area contributed by atoms with Gasteiger partial charge < -0.3 is 4.74 Å². The molecule has 0 radical (unpaired) electrons. The molecule has 2 aromatic carbocycles. The van der Waals surface area contributed by atoms with Gasteiger partial charge in [-0.3, -0.25) is 5.10 Å². The number of ether oxygens (including phenoxy) is 1.